The summed E-state index contributed by atoms with van der Waals surface area (Å²) in [5.41, 5.74) is 1.74. The molecule has 1 saturated heterocycles. The van der Waals surface area contributed by atoms with Gasteiger partial charge in [-0.15, -0.1) is 0 Å². The lowest BCUT2D eigenvalue weighted by Gasteiger charge is -2.28. The second-order valence-corrected chi connectivity index (χ2v) is 10.7. The zero-order valence-electron chi connectivity index (χ0n) is 21.3. The predicted molar refractivity (Wildman–Crippen MR) is 135 cm³/mol. The van der Waals surface area contributed by atoms with Crippen LogP contribution in [-0.2, 0) is 20.9 Å². The molecule has 1 saturated carbocycles. The minimum Gasteiger partial charge on any atom is -0.456 e. The van der Waals surface area contributed by atoms with Crippen LogP contribution in [0.2, 0.25) is 0 Å². The molecule has 6 heteroatoms. The van der Waals surface area contributed by atoms with Crippen LogP contribution in [0.15, 0.2) is 48.5 Å². The molecule has 1 spiro atoms. The summed E-state index contributed by atoms with van der Waals surface area (Å²) < 4.78 is 5.59. The number of carbonyl (C=O) groups excluding carboxylic acids is 3. The van der Waals surface area contributed by atoms with Crippen LogP contribution >= 0.6 is 0 Å². The molecule has 35 heavy (non-hydrogen) atoms. The number of hydrazine groups is 1. The van der Waals surface area contributed by atoms with Crippen molar-refractivity contribution in [3.8, 4) is 11.1 Å². The van der Waals surface area contributed by atoms with E-state index in [9.17, 15) is 14.4 Å². The Bertz CT molecular complexity index is 1090. The van der Waals surface area contributed by atoms with Crippen molar-refractivity contribution in [3.05, 3.63) is 59.7 Å². The highest BCUT2D eigenvalue weighted by atomic mass is 16.6. The molecule has 1 heterocycles. The number of ether oxygens (including phenoxy) is 1. The highest BCUT2D eigenvalue weighted by Gasteiger charge is 2.58. The standard InChI is InChI=1S/C29H36N2O4/c1-5-6-19-30-26(33)29(17-9-10-18-29)27(34)31(30)20-21-13-15-22(16-14-21)23-11-7-8-12-24(23)25(32)35-28(2,3)4/h7-8,11-16H,5-6,9-10,17-20H2,1-4H3. The largest absolute Gasteiger partial charge is 0.456 e. The van der Waals surface area contributed by atoms with Crippen molar-refractivity contribution in [2.24, 2.45) is 5.41 Å². The van der Waals surface area contributed by atoms with Gasteiger partial charge in [0.25, 0.3) is 11.8 Å². The molecule has 0 aromatic heterocycles. The van der Waals surface area contributed by atoms with Gasteiger partial charge in [-0.1, -0.05) is 68.7 Å². The van der Waals surface area contributed by atoms with Crippen molar-refractivity contribution < 1.29 is 19.1 Å². The summed E-state index contributed by atoms with van der Waals surface area (Å²) in [6, 6.07) is 15.3. The molecule has 1 aliphatic heterocycles. The predicted octanol–water partition coefficient (Wildman–Crippen LogP) is 5.76. The zero-order chi connectivity index (χ0) is 25.2. The average Bonchev–Trinajstić information content (AvgIpc) is 3.39. The number of rotatable bonds is 7. The molecule has 4 rings (SSSR count). The molecule has 2 aromatic rings. The molecular weight excluding hydrogens is 440 g/mol. The van der Waals surface area contributed by atoms with Crippen LogP contribution in [0.1, 0.15) is 82.1 Å². The lowest BCUT2D eigenvalue weighted by Crippen LogP contribution is -2.40. The van der Waals surface area contributed by atoms with E-state index in [0.29, 0.717) is 31.5 Å². The molecule has 2 amide bonds. The Morgan fingerprint density at radius 2 is 1.57 bits per heavy atom. The minimum atomic E-state index is -0.847. The van der Waals surface area contributed by atoms with E-state index in [4.69, 9.17) is 4.74 Å². The van der Waals surface area contributed by atoms with Gasteiger partial charge in [0.15, 0.2) is 0 Å². The minimum absolute atomic E-state index is 0.0173. The average molecular weight is 477 g/mol. The van der Waals surface area contributed by atoms with E-state index in [1.54, 1.807) is 16.1 Å². The number of nitrogens with zero attached hydrogens (tertiary/aromatic N) is 2. The van der Waals surface area contributed by atoms with Gasteiger partial charge in [0.2, 0.25) is 0 Å². The SMILES string of the molecule is CCCCN1C(=O)C2(CCCC2)C(=O)N1Cc1ccc(-c2ccccc2C(=O)OC(C)(C)C)cc1. The molecular formula is C29H36N2O4. The summed E-state index contributed by atoms with van der Waals surface area (Å²) >= 11 is 0. The van der Waals surface area contributed by atoms with Gasteiger partial charge in [-0.05, 0) is 62.8 Å². The quantitative estimate of drug-likeness (QED) is 0.377. The summed E-state index contributed by atoms with van der Waals surface area (Å²) in [6.07, 6.45) is 5.00. The van der Waals surface area contributed by atoms with Crippen molar-refractivity contribution in [2.45, 2.75) is 78.4 Å². The highest BCUT2D eigenvalue weighted by molar-refractivity contribution is 6.10. The molecule has 0 bridgehead atoms. The molecule has 2 aliphatic rings. The lowest BCUT2D eigenvalue weighted by atomic mass is 9.85. The van der Waals surface area contributed by atoms with Crippen LogP contribution < -0.4 is 0 Å². The first-order chi connectivity index (χ1) is 16.7. The molecule has 0 N–H and O–H groups in total. The van der Waals surface area contributed by atoms with Crippen molar-refractivity contribution in [3.63, 3.8) is 0 Å². The summed E-state index contributed by atoms with van der Waals surface area (Å²) in [7, 11) is 0. The first-order valence-electron chi connectivity index (χ1n) is 12.7. The van der Waals surface area contributed by atoms with Crippen molar-refractivity contribution >= 4 is 17.8 Å². The van der Waals surface area contributed by atoms with E-state index < -0.39 is 11.0 Å². The number of hydrogen-bond donors (Lipinski definition) is 0. The molecule has 0 atom stereocenters. The number of carbonyl (C=O) groups is 3. The highest BCUT2D eigenvalue weighted by Crippen LogP contribution is 2.46. The Kier molecular flexibility index (Phi) is 7.02. The smallest absolute Gasteiger partial charge is 0.339 e. The third kappa shape index (κ3) is 4.97. The van der Waals surface area contributed by atoms with Gasteiger partial charge >= 0.3 is 5.97 Å². The maximum absolute atomic E-state index is 13.5. The maximum Gasteiger partial charge on any atom is 0.339 e. The van der Waals surface area contributed by atoms with Gasteiger partial charge in [0.1, 0.15) is 11.0 Å². The maximum atomic E-state index is 13.5. The van der Waals surface area contributed by atoms with Gasteiger partial charge in [-0.2, -0.15) is 0 Å². The van der Waals surface area contributed by atoms with E-state index in [2.05, 4.69) is 6.92 Å². The van der Waals surface area contributed by atoms with Gasteiger partial charge in [0, 0.05) is 6.54 Å². The number of hydrogen-bond acceptors (Lipinski definition) is 4. The summed E-state index contributed by atoms with van der Waals surface area (Å²) in [5.74, 6) is -0.418. The third-order valence-electron chi connectivity index (χ3n) is 6.90. The monoisotopic (exact) mass is 476 g/mol. The summed E-state index contributed by atoms with van der Waals surface area (Å²) in [6.45, 7) is 8.59. The van der Waals surface area contributed by atoms with Crippen LogP contribution in [0.25, 0.3) is 11.1 Å². The van der Waals surface area contributed by atoms with E-state index in [1.807, 2.05) is 63.2 Å². The number of esters is 1. The van der Waals surface area contributed by atoms with E-state index in [0.717, 1.165) is 42.4 Å². The first kappa shape index (κ1) is 25.0. The topological polar surface area (TPSA) is 66.9 Å². The fourth-order valence-corrected chi connectivity index (χ4v) is 5.11. The van der Waals surface area contributed by atoms with Gasteiger partial charge in [-0.3, -0.25) is 14.6 Å². The van der Waals surface area contributed by atoms with Crippen molar-refractivity contribution in [2.75, 3.05) is 6.54 Å². The van der Waals surface area contributed by atoms with Crippen LogP contribution in [0.5, 0.6) is 0 Å². The van der Waals surface area contributed by atoms with Crippen LogP contribution in [0, 0.1) is 5.41 Å². The number of unbranched alkanes of at least 4 members (excludes halogenated alkanes) is 1. The Morgan fingerprint density at radius 1 is 0.943 bits per heavy atom. The van der Waals surface area contributed by atoms with Crippen molar-refractivity contribution in [1.29, 1.82) is 0 Å². The second kappa shape index (κ2) is 9.84. The Balaban J connectivity index is 1.56. The summed E-state index contributed by atoms with van der Waals surface area (Å²) in [5, 5.41) is 3.37. The molecule has 0 radical (unpaired) electrons. The Hall–Kier alpha value is -3.15. The molecule has 1 aliphatic carbocycles. The number of benzene rings is 2. The van der Waals surface area contributed by atoms with Gasteiger partial charge in [0.05, 0.1) is 12.1 Å². The van der Waals surface area contributed by atoms with Gasteiger partial charge in [-0.25, -0.2) is 9.80 Å². The fourth-order valence-electron chi connectivity index (χ4n) is 5.11. The second-order valence-electron chi connectivity index (χ2n) is 10.7. The lowest BCUT2D eigenvalue weighted by molar-refractivity contribution is -0.148. The molecule has 186 valence electrons. The summed E-state index contributed by atoms with van der Waals surface area (Å²) in [4.78, 5) is 39.5. The molecule has 2 aromatic carbocycles. The molecule has 2 fully saturated rings. The first-order valence-corrected chi connectivity index (χ1v) is 12.7. The Morgan fingerprint density at radius 3 is 2.20 bits per heavy atom. The molecule has 0 unspecified atom stereocenters. The van der Waals surface area contributed by atoms with E-state index in [1.165, 1.54) is 0 Å². The Labute approximate surface area is 208 Å². The molecule has 6 nitrogen and oxygen atoms in total. The fraction of sp³-hybridized carbons (Fsp3) is 0.483. The normalized spacial score (nSPS) is 17.5. The van der Waals surface area contributed by atoms with Crippen LogP contribution in [0.3, 0.4) is 0 Å². The third-order valence-corrected chi connectivity index (χ3v) is 6.90. The van der Waals surface area contributed by atoms with E-state index >= 15 is 0 Å². The zero-order valence-corrected chi connectivity index (χ0v) is 21.3. The van der Waals surface area contributed by atoms with Crippen LogP contribution in [0.4, 0.5) is 0 Å². The number of amides is 2. The van der Waals surface area contributed by atoms with Crippen molar-refractivity contribution in [1.82, 2.24) is 10.0 Å². The van der Waals surface area contributed by atoms with Gasteiger partial charge < -0.3 is 4.74 Å². The van der Waals surface area contributed by atoms with E-state index in [-0.39, 0.29) is 17.8 Å². The van der Waals surface area contributed by atoms with Crippen LogP contribution in [-0.4, -0.2) is 39.9 Å².